The van der Waals surface area contributed by atoms with E-state index in [-0.39, 0.29) is 21.9 Å². The molecule has 0 heterocycles. The van der Waals surface area contributed by atoms with Crippen LogP contribution in [0, 0.1) is 5.92 Å². The molecule has 0 saturated heterocycles. The quantitative estimate of drug-likeness (QED) is 0.790. The van der Waals surface area contributed by atoms with Crippen LogP contribution < -0.4 is 10.0 Å². The number of rotatable bonds is 7. The molecule has 120 valence electrons. The molecular weight excluding hydrogens is 331 g/mol. The Morgan fingerprint density at radius 1 is 1.14 bits per heavy atom. The second kappa shape index (κ2) is 7.79. The van der Waals surface area contributed by atoms with Crippen LogP contribution in [-0.4, -0.2) is 21.0 Å². The van der Waals surface area contributed by atoms with Crippen molar-refractivity contribution in [3.63, 3.8) is 0 Å². The van der Waals surface area contributed by atoms with Crippen LogP contribution in [0.3, 0.4) is 0 Å². The Hall–Kier alpha value is -0.330. The van der Waals surface area contributed by atoms with E-state index in [1.54, 1.807) is 6.07 Å². The summed E-state index contributed by atoms with van der Waals surface area (Å²) in [7, 11) is -3.66. The van der Waals surface area contributed by atoms with Crippen molar-refractivity contribution in [2.24, 2.45) is 5.92 Å². The van der Waals surface area contributed by atoms with Crippen LogP contribution >= 0.6 is 23.2 Å². The minimum atomic E-state index is -3.66. The first-order valence-corrected chi connectivity index (χ1v) is 9.08. The van der Waals surface area contributed by atoms with Gasteiger partial charge in [0.15, 0.2) is 0 Å². The predicted molar refractivity (Wildman–Crippen MR) is 88.5 cm³/mol. The molecule has 0 fully saturated rings. The van der Waals surface area contributed by atoms with Crippen LogP contribution in [0.2, 0.25) is 10.0 Å². The number of benzene rings is 1. The fourth-order valence-electron chi connectivity index (χ4n) is 1.61. The lowest BCUT2D eigenvalue weighted by molar-refractivity contribution is 0.559. The Morgan fingerprint density at radius 2 is 1.76 bits per heavy atom. The first-order valence-electron chi connectivity index (χ1n) is 6.84. The molecule has 0 bridgehead atoms. The van der Waals surface area contributed by atoms with Gasteiger partial charge in [-0.3, -0.25) is 0 Å². The summed E-state index contributed by atoms with van der Waals surface area (Å²) in [5, 5.41) is 3.76. The van der Waals surface area contributed by atoms with Crippen molar-refractivity contribution in [1.29, 1.82) is 0 Å². The lowest BCUT2D eigenvalue weighted by atomic mass is 10.2. The molecule has 0 aliphatic carbocycles. The van der Waals surface area contributed by atoms with Gasteiger partial charge in [0.25, 0.3) is 0 Å². The van der Waals surface area contributed by atoms with Gasteiger partial charge in [0, 0.05) is 24.2 Å². The molecule has 1 rings (SSSR count). The van der Waals surface area contributed by atoms with Gasteiger partial charge in [-0.05, 0) is 23.6 Å². The molecule has 1 aromatic rings. The number of hydrogen-bond donors (Lipinski definition) is 2. The fourth-order valence-corrected chi connectivity index (χ4v) is 3.75. The van der Waals surface area contributed by atoms with Crippen molar-refractivity contribution in [3.05, 3.63) is 27.7 Å². The van der Waals surface area contributed by atoms with Gasteiger partial charge in [0.2, 0.25) is 10.0 Å². The zero-order chi connectivity index (χ0) is 16.2. The summed E-state index contributed by atoms with van der Waals surface area (Å²) < 4.78 is 27.2. The molecule has 0 amide bonds. The molecule has 1 aromatic carbocycles. The summed E-state index contributed by atoms with van der Waals surface area (Å²) >= 11 is 12.3. The van der Waals surface area contributed by atoms with E-state index in [1.165, 1.54) is 6.07 Å². The highest BCUT2D eigenvalue weighted by molar-refractivity contribution is 7.89. The van der Waals surface area contributed by atoms with Crippen molar-refractivity contribution in [2.75, 3.05) is 6.54 Å². The number of halogens is 2. The van der Waals surface area contributed by atoms with Crippen LogP contribution in [0.25, 0.3) is 0 Å². The highest BCUT2D eigenvalue weighted by atomic mass is 35.5. The number of hydrogen-bond acceptors (Lipinski definition) is 3. The molecule has 0 aromatic heterocycles. The monoisotopic (exact) mass is 352 g/mol. The number of nitrogens with one attached hydrogen (secondary N) is 2. The molecule has 0 aliphatic rings. The molecule has 0 saturated carbocycles. The fraction of sp³-hybridized carbons (Fsp3) is 0.571. The molecule has 7 heteroatoms. The van der Waals surface area contributed by atoms with E-state index in [0.29, 0.717) is 23.7 Å². The van der Waals surface area contributed by atoms with Gasteiger partial charge in [-0.25, -0.2) is 13.1 Å². The van der Waals surface area contributed by atoms with Crippen molar-refractivity contribution in [3.8, 4) is 0 Å². The average molecular weight is 353 g/mol. The summed E-state index contributed by atoms with van der Waals surface area (Å²) in [5.41, 5.74) is 0.669. The minimum absolute atomic E-state index is 0.0258. The van der Waals surface area contributed by atoms with Gasteiger partial charge in [0.05, 0.1) is 5.02 Å². The third-order valence-corrected chi connectivity index (χ3v) is 4.98. The van der Waals surface area contributed by atoms with Crippen LogP contribution in [0.4, 0.5) is 0 Å². The zero-order valence-corrected chi connectivity index (χ0v) is 15.0. The lowest BCUT2D eigenvalue weighted by Gasteiger charge is -2.15. The van der Waals surface area contributed by atoms with E-state index >= 15 is 0 Å². The van der Waals surface area contributed by atoms with Crippen molar-refractivity contribution in [2.45, 2.75) is 45.2 Å². The highest BCUT2D eigenvalue weighted by Gasteiger charge is 2.21. The summed E-state index contributed by atoms with van der Waals surface area (Å²) in [4.78, 5) is 0.0258. The van der Waals surface area contributed by atoms with Crippen molar-refractivity contribution < 1.29 is 8.42 Å². The van der Waals surface area contributed by atoms with Crippen molar-refractivity contribution in [1.82, 2.24) is 10.0 Å². The molecule has 2 N–H and O–H groups in total. The molecular formula is C14H22Cl2N2O2S. The summed E-state index contributed by atoms with van der Waals surface area (Å²) in [6.45, 7) is 8.68. The Labute approximate surface area is 137 Å². The first-order chi connectivity index (χ1) is 9.63. The third-order valence-electron chi connectivity index (χ3n) is 2.75. The van der Waals surface area contributed by atoms with Gasteiger partial charge in [0.1, 0.15) is 4.90 Å². The Balaban J connectivity index is 3.12. The van der Waals surface area contributed by atoms with E-state index < -0.39 is 10.0 Å². The normalized spacial score (nSPS) is 12.4. The predicted octanol–water partition coefficient (Wildman–Crippen LogP) is 3.43. The van der Waals surface area contributed by atoms with E-state index in [1.807, 2.05) is 27.7 Å². The topological polar surface area (TPSA) is 58.2 Å². The van der Waals surface area contributed by atoms with Crippen LogP contribution in [-0.2, 0) is 16.6 Å². The minimum Gasteiger partial charge on any atom is -0.310 e. The van der Waals surface area contributed by atoms with E-state index in [9.17, 15) is 8.42 Å². The lowest BCUT2D eigenvalue weighted by Crippen LogP contribution is -2.28. The third kappa shape index (κ3) is 5.75. The second-order valence-corrected chi connectivity index (χ2v) is 8.21. The summed E-state index contributed by atoms with van der Waals surface area (Å²) in [6.07, 6.45) is 0. The second-order valence-electron chi connectivity index (χ2n) is 5.66. The maximum Gasteiger partial charge on any atom is 0.242 e. The average Bonchev–Trinajstić information content (AvgIpc) is 2.37. The smallest absolute Gasteiger partial charge is 0.242 e. The molecule has 21 heavy (non-hydrogen) atoms. The van der Waals surface area contributed by atoms with Gasteiger partial charge in [-0.1, -0.05) is 50.9 Å². The van der Waals surface area contributed by atoms with Gasteiger partial charge in [-0.2, -0.15) is 0 Å². The van der Waals surface area contributed by atoms with E-state index in [0.717, 1.165) is 0 Å². The maximum absolute atomic E-state index is 12.3. The molecule has 0 radical (unpaired) electrons. The van der Waals surface area contributed by atoms with Crippen LogP contribution in [0.15, 0.2) is 17.0 Å². The Morgan fingerprint density at radius 3 is 2.29 bits per heavy atom. The Kier molecular flexibility index (Phi) is 6.94. The highest BCUT2D eigenvalue weighted by Crippen LogP contribution is 2.29. The molecule has 0 atom stereocenters. The molecule has 0 aliphatic heterocycles. The first kappa shape index (κ1) is 18.7. The molecule has 0 unspecified atom stereocenters. The van der Waals surface area contributed by atoms with Crippen molar-refractivity contribution >= 4 is 33.2 Å². The standard InChI is InChI=1S/C14H22Cl2N2O2S/c1-9(2)7-18-21(19,20)13-6-12(15)5-11(14(13)16)8-17-10(3)4/h5-6,9-10,17-18H,7-8H2,1-4H3. The summed E-state index contributed by atoms with van der Waals surface area (Å²) in [6, 6.07) is 3.32. The SMILES string of the molecule is CC(C)CNS(=O)(=O)c1cc(Cl)cc(CNC(C)C)c1Cl. The van der Waals surface area contributed by atoms with Crippen LogP contribution in [0.5, 0.6) is 0 Å². The molecule has 0 spiro atoms. The summed E-state index contributed by atoms with van der Waals surface area (Å²) in [5.74, 6) is 0.208. The van der Waals surface area contributed by atoms with E-state index in [2.05, 4.69) is 10.0 Å². The van der Waals surface area contributed by atoms with Crippen LogP contribution in [0.1, 0.15) is 33.3 Å². The van der Waals surface area contributed by atoms with Gasteiger partial charge >= 0.3 is 0 Å². The van der Waals surface area contributed by atoms with E-state index in [4.69, 9.17) is 23.2 Å². The number of sulfonamides is 1. The largest absolute Gasteiger partial charge is 0.310 e. The Bertz CT molecular complexity index is 587. The maximum atomic E-state index is 12.3. The van der Waals surface area contributed by atoms with Gasteiger partial charge in [-0.15, -0.1) is 0 Å². The van der Waals surface area contributed by atoms with Gasteiger partial charge < -0.3 is 5.32 Å². The zero-order valence-electron chi connectivity index (χ0n) is 12.7. The molecule has 4 nitrogen and oxygen atoms in total.